The molecule has 0 radical (unpaired) electrons. The van der Waals surface area contributed by atoms with Crippen LogP contribution in [0.5, 0.6) is 0 Å². The van der Waals surface area contributed by atoms with Gasteiger partial charge in [0.1, 0.15) is 0 Å². The van der Waals surface area contributed by atoms with Gasteiger partial charge in [0, 0.05) is 0 Å². The Labute approximate surface area is 190 Å². The maximum atomic E-state index is 3.30. The molecule has 26 heavy (non-hydrogen) atoms. The monoisotopic (exact) mass is 472 g/mol. The summed E-state index contributed by atoms with van der Waals surface area (Å²) in [6.07, 6.45) is 13.2. The van der Waals surface area contributed by atoms with Gasteiger partial charge in [-0.25, -0.2) is 23.3 Å². The van der Waals surface area contributed by atoms with Crippen LogP contribution in [0.2, 0.25) is 0 Å². The predicted molar refractivity (Wildman–Crippen MR) is 106 cm³/mol. The van der Waals surface area contributed by atoms with Crippen molar-refractivity contribution in [1.82, 2.24) is 0 Å². The van der Waals surface area contributed by atoms with Crippen LogP contribution in [0, 0.1) is 23.0 Å². The van der Waals surface area contributed by atoms with Crippen molar-refractivity contribution in [3.63, 3.8) is 0 Å². The van der Waals surface area contributed by atoms with Crippen LogP contribution >= 0.6 is 0 Å². The molecular formula is C23H36Cl2Zr-2. The van der Waals surface area contributed by atoms with E-state index < -0.39 is 0 Å². The molecule has 0 amide bonds. The first-order valence-electron chi connectivity index (χ1n) is 8.82. The summed E-state index contributed by atoms with van der Waals surface area (Å²) in [6.45, 7) is 22.0. The average Bonchev–Trinajstić information content (AvgIpc) is 2.96. The number of halogens is 2. The van der Waals surface area contributed by atoms with Crippen LogP contribution < -0.4 is 24.8 Å². The van der Waals surface area contributed by atoms with Crippen LogP contribution in [0.4, 0.5) is 0 Å². The second-order valence-electron chi connectivity index (χ2n) is 8.91. The maximum absolute atomic E-state index is 3.30. The number of allylic oxidation sites excluding steroid dienone is 8. The van der Waals surface area contributed by atoms with Crippen molar-refractivity contribution in [2.45, 2.75) is 82.1 Å². The fraction of sp³-hybridized carbons (Fsp3) is 0.609. The minimum absolute atomic E-state index is 0. The molecule has 0 aromatic heterocycles. The van der Waals surface area contributed by atoms with Crippen LogP contribution in [0.25, 0.3) is 0 Å². The molecule has 3 heteroatoms. The summed E-state index contributed by atoms with van der Waals surface area (Å²) in [5.41, 5.74) is 6.28. The van der Waals surface area contributed by atoms with E-state index in [9.17, 15) is 0 Å². The molecule has 0 N–H and O–H groups in total. The molecule has 0 aromatic rings. The quantitative estimate of drug-likeness (QED) is 0.459. The molecule has 0 aromatic carbocycles. The van der Waals surface area contributed by atoms with Gasteiger partial charge in [0.15, 0.2) is 0 Å². The molecule has 2 aliphatic carbocycles. The minimum atomic E-state index is 0. The zero-order valence-electron chi connectivity index (χ0n) is 18.3. The molecular weight excluding hydrogens is 438 g/mol. The largest absolute Gasteiger partial charge is 1.00 e. The van der Waals surface area contributed by atoms with Gasteiger partial charge in [-0.1, -0.05) is 55.4 Å². The molecule has 0 saturated carbocycles. The Kier molecular flexibility index (Phi) is 16.1. The Bertz CT molecular complexity index is 512. The maximum Gasteiger partial charge on any atom is -1.00 e. The third kappa shape index (κ3) is 14.4. The van der Waals surface area contributed by atoms with E-state index in [1.54, 1.807) is 24.2 Å². The molecule has 0 unspecified atom stereocenters. The molecule has 2 rings (SSSR count). The van der Waals surface area contributed by atoms with Gasteiger partial charge in [-0.2, -0.15) is 11.1 Å². The van der Waals surface area contributed by atoms with Crippen LogP contribution in [-0.2, 0) is 24.2 Å². The Hall–Kier alpha value is 0.293. The SMILES string of the molecule is CC1=[C-]CC(C(C)(C)C)=C1.CC1=[C-]CC(C(C)(C)C)=C1.C[C](C)=[Zr+2].[Cl-].[Cl-]. The van der Waals surface area contributed by atoms with Gasteiger partial charge in [-0.15, -0.1) is 12.8 Å². The molecule has 0 nitrogen and oxygen atoms in total. The van der Waals surface area contributed by atoms with Gasteiger partial charge in [-0.3, -0.25) is 12.2 Å². The van der Waals surface area contributed by atoms with Crippen molar-refractivity contribution in [3.05, 3.63) is 46.6 Å². The van der Waals surface area contributed by atoms with E-state index in [1.165, 1.54) is 25.5 Å². The summed E-state index contributed by atoms with van der Waals surface area (Å²) in [6, 6.07) is 0. The molecule has 0 bridgehead atoms. The topological polar surface area (TPSA) is 0 Å². The smallest absolute Gasteiger partial charge is 1.00 e. The number of rotatable bonds is 0. The Balaban J connectivity index is -0.000000319. The van der Waals surface area contributed by atoms with E-state index >= 15 is 0 Å². The van der Waals surface area contributed by atoms with Gasteiger partial charge < -0.3 is 24.8 Å². The van der Waals surface area contributed by atoms with E-state index in [0.717, 1.165) is 12.8 Å². The van der Waals surface area contributed by atoms with Crippen LogP contribution in [0.15, 0.2) is 34.4 Å². The van der Waals surface area contributed by atoms with Crippen LogP contribution in [0.1, 0.15) is 82.1 Å². The van der Waals surface area contributed by atoms with Gasteiger partial charge in [0.25, 0.3) is 0 Å². The third-order valence-electron chi connectivity index (χ3n) is 3.82. The molecule has 0 saturated heterocycles. The minimum Gasteiger partial charge on any atom is -1.00 e. The second kappa shape index (κ2) is 13.5. The summed E-state index contributed by atoms with van der Waals surface area (Å²) >= 11 is 1.55. The van der Waals surface area contributed by atoms with Gasteiger partial charge in [0.05, 0.1) is 0 Å². The third-order valence-corrected chi connectivity index (χ3v) is 3.82. The van der Waals surface area contributed by atoms with Crippen molar-refractivity contribution in [1.29, 1.82) is 0 Å². The predicted octanol–water partition coefficient (Wildman–Crippen LogP) is 0.978. The van der Waals surface area contributed by atoms with Gasteiger partial charge in [-0.05, 0) is 10.8 Å². The van der Waals surface area contributed by atoms with E-state index in [0.29, 0.717) is 10.8 Å². The first kappa shape index (κ1) is 31.0. The molecule has 0 heterocycles. The normalized spacial score (nSPS) is 15.5. The van der Waals surface area contributed by atoms with Crippen molar-refractivity contribution in [2.75, 3.05) is 0 Å². The number of hydrogen-bond donors (Lipinski definition) is 0. The molecule has 148 valence electrons. The summed E-state index contributed by atoms with van der Waals surface area (Å²) < 4.78 is 1.51. The van der Waals surface area contributed by atoms with Crippen molar-refractivity contribution < 1.29 is 49.0 Å². The Morgan fingerprint density at radius 3 is 1.08 bits per heavy atom. The molecule has 0 fully saturated rings. The zero-order valence-corrected chi connectivity index (χ0v) is 22.3. The van der Waals surface area contributed by atoms with Gasteiger partial charge in [0.2, 0.25) is 0 Å². The van der Waals surface area contributed by atoms with Crippen molar-refractivity contribution in [3.8, 4) is 0 Å². The van der Waals surface area contributed by atoms with Crippen LogP contribution in [0.3, 0.4) is 0 Å². The number of hydrogen-bond acceptors (Lipinski definition) is 0. The summed E-state index contributed by atoms with van der Waals surface area (Å²) in [5.74, 6) is 0. The summed E-state index contributed by atoms with van der Waals surface area (Å²) in [4.78, 5) is 0. The van der Waals surface area contributed by atoms with Crippen LogP contribution in [-0.4, -0.2) is 3.21 Å². The molecule has 0 spiro atoms. The fourth-order valence-electron chi connectivity index (χ4n) is 2.16. The fourth-order valence-corrected chi connectivity index (χ4v) is 2.16. The summed E-state index contributed by atoms with van der Waals surface area (Å²) in [5, 5.41) is 0. The second-order valence-corrected chi connectivity index (χ2v) is 11.4. The van der Waals surface area contributed by atoms with Crippen molar-refractivity contribution in [2.24, 2.45) is 10.8 Å². The molecule has 0 aliphatic heterocycles. The zero-order chi connectivity index (χ0) is 19.1. The molecule has 2 aliphatic rings. The Morgan fingerprint density at radius 1 is 0.769 bits per heavy atom. The van der Waals surface area contributed by atoms with E-state index in [2.05, 4.69) is 93.5 Å². The van der Waals surface area contributed by atoms with Crippen molar-refractivity contribution >= 4 is 3.21 Å². The summed E-state index contributed by atoms with van der Waals surface area (Å²) in [7, 11) is 0. The van der Waals surface area contributed by atoms with E-state index in [-0.39, 0.29) is 24.8 Å². The first-order valence-corrected chi connectivity index (χ1v) is 10.0. The first-order chi connectivity index (χ1) is 10.7. The van der Waals surface area contributed by atoms with Gasteiger partial charge >= 0.3 is 41.3 Å². The van der Waals surface area contributed by atoms with E-state index in [1.807, 2.05) is 0 Å². The van der Waals surface area contributed by atoms with E-state index in [4.69, 9.17) is 0 Å². The standard InChI is InChI=1S/2C10H15.C3H6.2ClH.Zr/c2*1-8-5-6-9(7-8)10(2,3)4;1-3-2;;;/h2*7H,6H2,1-4H3;1-2H3;2*1H;/q2*-1;;;;+2/p-2. The Morgan fingerprint density at radius 2 is 1.00 bits per heavy atom. The average molecular weight is 475 g/mol. The molecule has 0 atom stereocenters.